The number of nitrogens with one attached hydrogen (secondary N) is 1. The summed E-state index contributed by atoms with van der Waals surface area (Å²) in [6.45, 7) is 3.10. The molecule has 2 rings (SSSR count). The predicted octanol–water partition coefficient (Wildman–Crippen LogP) is 0.942. The number of likely N-dealkylation sites (N-methyl/N-ethyl adjacent to an activating group) is 1. The van der Waals surface area contributed by atoms with Crippen molar-refractivity contribution >= 4 is 0 Å². The standard InChI is InChI=1S/C12H25N3/c1-15-8-7-12(9-13,10-15)14-11-5-3-2-4-6-11/h11,14H,2-10,13H2,1H3. The molecule has 88 valence electrons. The second kappa shape index (κ2) is 4.81. The fourth-order valence-corrected chi connectivity index (χ4v) is 3.10. The van der Waals surface area contributed by atoms with E-state index < -0.39 is 0 Å². The molecule has 0 aromatic carbocycles. The van der Waals surface area contributed by atoms with Gasteiger partial charge in [0.15, 0.2) is 0 Å². The monoisotopic (exact) mass is 211 g/mol. The van der Waals surface area contributed by atoms with Crippen molar-refractivity contribution in [3.63, 3.8) is 0 Å². The van der Waals surface area contributed by atoms with Gasteiger partial charge >= 0.3 is 0 Å². The maximum atomic E-state index is 5.96. The highest BCUT2D eigenvalue weighted by molar-refractivity contribution is 4.99. The van der Waals surface area contributed by atoms with E-state index in [0.717, 1.165) is 19.1 Å². The Labute approximate surface area is 93.4 Å². The largest absolute Gasteiger partial charge is 0.329 e. The smallest absolute Gasteiger partial charge is 0.0446 e. The van der Waals surface area contributed by atoms with Crippen LogP contribution in [-0.4, -0.2) is 43.2 Å². The third-order valence-electron chi connectivity index (χ3n) is 4.05. The molecule has 1 saturated heterocycles. The minimum absolute atomic E-state index is 0.219. The topological polar surface area (TPSA) is 41.3 Å². The zero-order chi connectivity index (χ0) is 10.7. The molecule has 2 aliphatic rings. The Hall–Kier alpha value is -0.120. The van der Waals surface area contributed by atoms with Crippen molar-refractivity contribution < 1.29 is 0 Å². The van der Waals surface area contributed by atoms with E-state index >= 15 is 0 Å². The van der Waals surface area contributed by atoms with Gasteiger partial charge in [-0.1, -0.05) is 19.3 Å². The molecule has 1 heterocycles. The van der Waals surface area contributed by atoms with Crippen LogP contribution in [0.4, 0.5) is 0 Å². The highest BCUT2D eigenvalue weighted by atomic mass is 15.2. The van der Waals surface area contributed by atoms with Gasteiger partial charge in [-0.15, -0.1) is 0 Å². The quantitative estimate of drug-likeness (QED) is 0.730. The van der Waals surface area contributed by atoms with Gasteiger partial charge in [0.2, 0.25) is 0 Å². The number of nitrogens with zero attached hydrogens (tertiary/aromatic N) is 1. The van der Waals surface area contributed by atoms with Crippen LogP contribution in [0.5, 0.6) is 0 Å². The molecule has 0 radical (unpaired) electrons. The Morgan fingerprint density at radius 1 is 1.33 bits per heavy atom. The van der Waals surface area contributed by atoms with Crippen LogP contribution in [-0.2, 0) is 0 Å². The van der Waals surface area contributed by atoms with Gasteiger partial charge < -0.3 is 16.0 Å². The lowest BCUT2D eigenvalue weighted by Gasteiger charge is -2.35. The first-order valence-electron chi connectivity index (χ1n) is 6.40. The van der Waals surface area contributed by atoms with Crippen molar-refractivity contribution in [3.05, 3.63) is 0 Å². The molecule has 1 aliphatic heterocycles. The lowest BCUT2D eigenvalue weighted by atomic mass is 9.90. The third kappa shape index (κ3) is 2.71. The summed E-state index contributed by atoms with van der Waals surface area (Å²) in [5.74, 6) is 0. The average Bonchev–Trinajstić information content (AvgIpc) is 2.62. The summed E-state index contributed by atoms with van der Waals surface area (Å²) in [7, 11) is 2.19. The van der Waals surface area contributed by atoms with E-state index in [1.165, 1.54) is 45.1 Å². The lowest BCUT2D eigenvalue weighted by Crippen LogP contribution is -2.57. The molecular weight excluding hydrogens is 186 g/mol. The Balaban J connectivity index is 1.89. The predicted molar refractivity (Wildman–Crippen MR) is 63.9 cm³/mol. The van der Waals surface area contributed by atoms with Crippen LogP contribution in [0.2, 0.25) is 0 Å². The van der Waals surface area contributed by atoms with E-state index in [1.807, 2.05) is 0 Å². The van der Waals surface area contributed by atoms with E-state index in [1.54, 1.807) is 0 Å². The molecule has 0 aromatic rings. The van der Waals surface area contributed by atoms with Gasteiger partial charge in [-0.25, -0.2) is 0 Å². The Kier molecular flexibility index (Phi) is 3.65. The van der Waals surface area contributed by atoms with Crippen LogP contribution in [0.25, 0.3) is 0 Å². The molecule has 0 spiro atoms. The van der Waals surface area contributed by atoms with E-state index in [-0.39, 0.29) is 5.54 Å². The first kappa shape index (κ1) is 11.4. The average molecular weight is 211 g/mol. The van der Waals surface area contributed by atoms with E-state index in [4.69, 9.17) is 5.73 Å². The van der Waals surface area contributed by atoms with Gasteiger partial charge in [-0.3, -0.25) is 0 Å². The number of nitrogens with two attached hydrogens (primary N) is 1. The number of hydrogen-bond donors (Lipinski definition) is 2. The zero-order valence-electron chi connectivity index (χ0n) is 9.97. The van der Waals surface area contributed by atoms with Gasteiger partial charge in [0.05, 0.1) is 0 Å². The van der Waals surface area contributed by atoms with Crippen LogP contribution in [0, 0.1) is 0 Å². The van der Waals surface area contributed by atoms with Gasteiger partial charge in [0, 0.05) is 24.7 Å². The number of hydrogen-bond acceptors (Lipinski definition) is 3. The van der Waals surface area contributed by atoms with Crippen molar-refractivity contribution in [1.82, 2.24) is 10.2 Å². The Morgan fingerprint density at radius 3 is 2.60 bits per heavy atom. The van der Waals surface area contributed by atoms with Crippen LogP contribution >= 0.6 is 0 Å². The minimum Gasteiger partial charge on any atom is -0.329 e. The van der Waals surface area contributed by atoms with Crippen molar-refractivity contribution in [3.8, 4) is 0 Å². The van der Waals surface area contributed by atoms with Gasteiger partial charge in [-0.2, -0.15) is 0 Å². The number of rotatable bonds is 3. The molecule has 1 aliphatic carbocycles. The number of likely N-dealkylation sites (tertiary alicyclic amines) is 1. The Bertz CT molecular complexity index is 201. The van der Waals surface area contributed by atoms with Crippen molar-refractivity contribution in [2.75, 3.05) is 26.7 Å². The highest BCUT2D eigenvalue weighted by Gasteiger charge is 2.36. The first-order chi connectivity index (χ1) is 7.24. The third-order valence-corrected chi connectivity index (χ3v) is 4.05. The Morgan fingerprint density at radius 2 is 2.07 bits per heavy atom. The van der Waals surface area contributed by atoms with Gasteiger partial charge in [0.1, 0.15) is 0 Å². The molecule has 0 aromatic heterocycles. The van der Waals surface area contributed by atoms with Crippen LogP contribution in [0.1, 0.15) is 38.5 Å². The molecule has 3 N–H and O–H groups in total. The van der Waals surface area contributed by atoms with Gasteiger partial charge in [0.25, 0.3) is 0 Å². The summed E-state index contributed by atoms with van der Waals surface area (Å²) in [4.78, 5) is 2.39. The first-order valence-corrected chi connectivity index (χ1v) is 6.40. The normalized spacial score (nSPS) is 34.8. The summed E-state index contributed by atoms with van der Waals surface area (Å²) in [5, 5.41) is 3.84. The van der Waals surface area contributed by atoms with Gasteiger partial charge in [-0.05, 0) is 32.9 Å². The van der Waals surface area contributed by atoms with Crippen LogP contribution in [0.15, 0.2) is 0 Å². The van der Waals surface area contributed by atoms with E-state index in [9.17, 15) is 0 Å². The zero-order valence-corrected chi connectivity index (χ0v) is 9.97. The molecule has 1 unspecified atom stereocenters. The van der Waals surface area contributed by atoms with Crippen LogP contribution in [0.3, 0.4) is 0 Å². The molecule has 3 nitrogen and oxygen atoms in total. The SMILES string of the molecule is CN1CCC(CN)(NC2CCCCC2)C1. The maximum Gasteiger partial charge on any atom is 0.0446 e. The molecule has 15 heavy (non-hydrogen) atoms. The second-order valence-corrected chi connectivity index (χ2v) is 5.45. The summed E-state index contributed by atoms with van der Waals surface area (Å²) < 4.78 is 0. The summed E-state index contributed by atoms with van der Waals surface area (Å²) in [6, 6.07) is 0.730. The molecule has 1 atom stereocenters. The minimum atomic E-state index is 0.219. The summed E-state index contributed by atoms with van der Waals surface area (Å²) in [6.07, 6.45) is 8.14. The van der Waals surface area contributed by atoms with E-state index in [2.05, 4.69) is 17.3 Å². The lowest BCUT2D eigenvalue weighted by molar-refractivity contribution is 0.250. The summed E-state index contributed by atoms with van der Waals surface area (Å²) in [5.41, 5.74) is 6.18. The summed E-state index contributed by atoms with van der Waals surface area (Å²) >= 11 is 0. The van der Waals surface area contributed by atoms with Crippen molar-refractivity contribution in [1.29, 1.82) is 0 Å². The van der Waals surface area contributed by atoms with E-state index in [0.29, 0.717) is 0 Å². The molecule has 1 saturated carbocycles. The molecule has 0 amide bonds. The second-order valence-electron chi connectivity index (χ2n) is 5.45. The highest BCUT2D eigenvalue weighted by Crippen LogP contribution is 2.24. The maximum absolute atomic E-state index is 5.96. The van der Waals surface area contributed by atoms with Crippen molar-refractivity contribution in [2.45, 2.75) is 50.1 Å². The molecule has 2 fully saturated rings. The molecule has 0 bridgehead atoms. The fourth-order valence-electron chi connectivity index (χ4n) is 3.10. The fraction of sp³-hybridized carbons (Fsp3) is 1.00. The molecular formula is C12H25N3. The molecule has 3 heteroatoms. The van der Waals surface area contributed by atoms with Crippen molar-refractivity contribution in [2.24, 2.45) is 5.73 Å². The van der Waals surface area contributed by atoms with Crippen LogP contribution < -0.4 is 11.1 Å².